The van der Waals surface area contributed by atoms with E-state index >= 15 is 0 Å². The Morgan fingerprint density at radius 2 is 1.94 bits per heavy atom. The van der Waals surface area contributed by atoms with Gasteiger partial charge < -0.3 is 5.73 Å². The summed E-state index contributed by atoms with van der Waals surface area (Å²) < 4.78 is 0. The van der Waals surface area contributed by atoms with Gasteiger partial charge in [-0.25, -0.2) is 0 Å². The molecule has 1 atom stereocenters. The standard InChI is InChI=1S/C13H22N2S/c1-11(8-9-16-3)15(2)10-12-4-6-13(14)7-5-12/h4-7,11H,8-10,14H2,1-3H3. The molecule has 0 aliphatic carbocycles. The third-order valence-electron chi connectivity index (χ3n) is 2.90. The molecule has 0 aliphatic heterocycles. The van der Waals surface area contributed by atoms with Crippen LogP contribution in [0.5, 0.6) is 0 Å². The third-order valence-corrected chi connectivity index (χ3v) is 3.55. The van der Waals surface area contributed by atoms with Gasteiger partial charge in [0.15, 0.2) is 0 Å². The number of nitrogens with zero attached hydrogens (tertiary/aromatic N) is 1. The van der Waals surface area contributed by atoms with Crippen LogP contribution in [0.4, 0.5) is 5.69 Å². The van der Waals surface area contributed by atoms with Gasteiger partial charge in [-0.2, -0.15) is 11.8 Å². The highest BCUT2D eigenvalue weighted by Gasteiger charge is 2.08. The first-order valence-electron chi connectivity index (χ1n) is 5.67. The number of hydrogen-bond acceptors (Lipinski definition) is 3. The van der Waals surface area contributed by atoms with Crippen LogP contribution in [0.1, 0.15) is 18.9 Å². The summed E-state index contributed by atoms with van der Waals surface area (Å²) in [4.78, 5) is 2.39. The minimum absolute atomic E-state index is 0.630. The van der Waals surface area contributed by atoms with E-state index in [1.165, 1.54) is 17.7 Å². The monoisotopic (exact) mass is 238 g/mol. The molecule has 0 saturated carbocycles. The van der Waals surface area contributed by atoms with Crippen LogP contribution in [0.15, 0.2) is 24.3 Å². The van der Waals surface area contributed by atoms with Crippen molar-refractivity contribution in [2.24, 2.45) is 0 Å². The van der Waals surface area contributed by atoms with Crippen LogP contribution in [0, 0.1) is 0 Å². The van der Waals surface area contributed by atoms with Crippen molar-refractivity contribution >= 4 is 17.4 Å². The van der Waals surface area contributed by atoms with Gasteiger partial charge in [0.2, 0.25) is 0 Å². The number of hydrogen-bond donors (Lipinski definition) is 1. The highest BCUT2D eigenvalue weighted by atomic mass is 32.2. The van der Waals surface area contributed by atoms with E-state index in [0.717, 1.165) is 12.2 Å². The lowest BCUT2D eigenvalue weighted by molar-refractivity contribution is 0.245. The van der Waals surface area contributed by atoms with Gasteiger partial charge >= 0.3 is 0 Å². The zero-order valence-corrected chi connectivity index (χ0v) is 11.3. The molecule has 0 amide bonds. The van der Waals surface area contributed by atoms with Gasteiger partial charge in [-0.3, -0.25) is 4.90 Å². The van der Waals surface area contributed by atoms with Crippen molar-refractivity contribution in [3.63, 3.8) is 0 Å². The molecule has 0 aromatic heterocycles. The van der Waals surface area contributed by atoms with Crippen molar-refractivity contribution in [3.8, 4) is 0 Å². The van der Waals surface area contributed by atoms with E-state index in [9.17, 15) is 0 Å². The molecule has 0 fully saturated rings. The first-order chi connectivity index (χ1) is 7.63. The molecular weight excluding hydrogens is 216 g/mol. The van der Waals surface area contributed by atoms with Crippen molar-refractivity contribution < 1.29 is 0 Å². The number of nitrogens with two attached hydrogens (primary N) is 1. The second kappa shape index (κ2) is 6.81. The average molecular weight is 238 g/mol. The maximum absolute atomic E-state index is 5.67. The van der Waals surface area contributed by atoms with Gasteiger partial charge in [0.25, 0.3) is 0 Å². The molecule has 0 radical (unpaired) electrons. The van der Waals surface area contributed by atoms with Crippen LogP contribution in [0.25, 0.3) is 0 Å². The normalized spacial score (nSPS) is 13.0. The Labute approximate surface area is 103 Å². The fraction of sp³-hybridized carbons (Fsp3) is 0.538. The zero-order chi connectivity index (χ0) is 12.0. The fourth-order valence-corrected chi connectivity index (χ4v) is 2.15. The second-order valence-corrected chi connectivity index (χ2v) is 5.27. The number of benzene rings is 1. The van der Waals surface area contributed by atoms with E-state index in [-0.39, 0.29) is 0 Å². The highest BCUT2D eigenvalue weighted by Crippen LogP contribution is 2.12. The van der Waals surface area contributed by atoms with Crippen LogP contribution in [-0.2, 0) is 6.54 Å². The first kappa shape index (κ1) is 13.4. The second-order valence-electron chi connectivity index (χ2n) is 4.29. The molecule has 3 heteroatoms. The highest BCUT2D eigenvalue weighted by molar-refractivity contribution is 7.98. The summed E-state index contributed by atoms with van der Waals surface area (Å²) in [5.74, 6) is 1.23. The smallest absolute Gasteiger partial charge is 0.0314 e. The van der Waals surface area contributed by atoms with E-state index < -0.39 is 0 Å². The largest absolute Gasteiger partial charge is 0.399 e. The molecule has 2 N–H and O–H groups in total. The van der Waals surface area contributed by atoms with Gasteiger partial charge in [-0.15, -0.1) is 0 Å². The summed E-state index contributed by atoms with van der Waals surface area (Å²) in [5, 5.41) is 0. The lowest BCUT2D eigenvalue weighted by atomic mass is 10.1. The lowest BCUT2D eigenvalue weighted by Gasteiger charge is -2.24. The summed E-state index contributed by atoms with van der Waals surface area (Å²) in [5.41, 5.74) is 7.83. The third kappa shape index (κ3) is 4.45. The Hall–Kier alpha value is -0.670. The van der Waals surface area contributed by atoms with E-state index in [1.807, 2.05) is 23.9 Å². The predicted molar refractivity (Wildman–Crippen MR) is 74.8 cm³/mol. The van der Waals surface area contributed by atoms with Crippen molar-refractivity contribution in [3.05, 3.63) is 29.8 Å². The Kier molecular flexibility index (Phi) is 5.71. The summed E-state index contributed by atoms with van der Waals surface area (Å²) >= 11 is 1.91. The Morgan fingerprint density at radius 3 is 2.50 bits per heavy atom. The number of anilines is 1. The molecule has 1 rings (SSSR count). The first-order valence-corrected chi connectivity index (χ1v) is 7.06. The van der Waals surface area contributed by atoms with E-state index in [4.69, 9.17) is 5.73 Å². The van der Waals surface area contributed by atoms with Gasteiger partial charge in [-0.05, 0) is 50.1 Å². The van der Waals surface area contributed by atoms with Crippen LogP contribution >= 0.6 is 11.8 Å². The van der Waals surface area contributed by atoms with Crippen molar-refractivity contribution in [1.82, 2.24) is 4.90 Å². The van der Waals surface area contributed by atoms with Gasteiger partial charge in [0, 0.05) is 18.3 Å². The van der Waals surface area contributed by atoms with E-state index in [1.54, 1.807) is 0 Å². The quantitative estimate of drug-likeness (QED) is 0.773. The molecule has 0 bridgehead atoms. The van der Waals surface area contributed by atoms with Crippen LogP contribution < -0.4 is 5.73 Å². The predicted octanol–water partition coefficient (Wildman–Crippen LogP) is 2.84. The molecular formula is C13H22N2S. The minimum atomic E-state index is 0.630. The summed E-state index contributed by atoms with van der Waals surface area (Å²) in [6.07, 6.45) is 3.40. The Bertz CT molecular complexity index is 297. The molecule has 0 spiro atoms. The van der Waals surface area contributed by atoms with Gasteiger partial charge in [-0.1, -0.05) is 12.1 Å². The molecule has 0 heterocycles. The van der Waals surface area contributed by atoms with Crippen molar-refractivity contribution in [2.75, 3.05) is 24.8 Å². The van der Waals surface area contributed by atoms with Crippen LogP contribution in [0.3, 0.4) is 0 Å². The van der Waals surface area contributed by atoms with Crippen LogP contribution in [-0.4, -0.2) is 30.0 Å². The van der Waals surface area contributed by atoms with Crippen LogP contribution in [0.2, 0.25) is 0 Å². The van der Waals surface area contributed by atoms with E-state index in [0.29, 0.717) is 6.04 Å². The number of rotatable bonds is 6. The maximum atomic E-state index is 5.67. The number of thioether (sulfide) groups is 1. The summed E-state index contributed by atoms with van der Waals surface area (Å²) in [7, 11) is 2.18. The lowest BCUT2D eigenvalue weighted by Crippen LogP contribution is -2.29. The van der Waals surface area contributed by atoms with Gasteiger partial charge in [0.05, 0.1) is 0 Å². The summed E-state index contributed by atoms with van der Waals surface area (Å²) in [6.45, 7) is 3.28. The van der Waals surface area contributed by atoms with Gasteiger partial charge in [0.1, 0.15) is 0 Å². The Morgan fingerprint density at radius 1 is 1.31 bits per heavy atom. The van der Waals surface area contributed by atoms with Crippen molar-refractivity contribution in [1.29, 1.82) is 0 Å². The molecule has 90 valence electrons. The molecule has 0 saturated heterocycles. The summed E-state index contributed by atoms with van der Waals surface area (Å²) in [6, 6.07) is 8.77. The SMILES string of the molecule is CSCCC(C)N(C)Cc1ccc(N)cc1. The van der Waals surface area contributed by atoms with E-state index in [2.05, 4.69) is 37.3 Å². The zero-order valence-electron chi connectivity index (χ0n) is 10.4. The fourth-order valence-electron chi connectivity index (χ4n) is 1.58. The average Bonchev–Trinajstić information content (AvgIpc) is 2.29. The molecule has 1 aromatic rings. The maximum Gasteiger partial charge on any atom is 0.0314 e. The Balaban J connectivity index is 2.43. The number of nitrogen functional groups attached to an aromatic ring is 1. The topological polar surface area (TPSA) is 29.3 Å². The molecule has 1 unspecified atom stereocenters. The molecule has 2 nitrogen and oxygen atoms in total. The van der Waals surface area contributed by atoms with Crippen molar-refractivity contribution in [2.45, 2.75) is 25.9 Å². The molecule has 16 heavy (non-hydrogen) atoms. The molecule has 1 aromatic carbocycles. The minimum Gasteiger partial charge on any atom is -0.399 e. The molecule has 0 aliphatic rings.